The quantitative estimate of drug-likeness (QED) is 0.617. The molecule has 2 fully saturated rings. The Kier molecular flexibility index (Phi) is 2.86. The van der Waals surface area contributed by atoms with Crippen LogP contribution in [-0.4, -0.2) is 41.3 Å². The minimum absolute atomic E-state index is 0.0747. The lowest BCUT2D eigenvalue weighted by molar-refractivity contribution is 0.0557. The smallest absolute Gasteiger partial charge is 0.0695 e. The summed E-state index contributed by atoms with van der Waals surface area (Å²) in [5.74, 6) is 0. The highest BCUT2D eigenvalue weighted by molar-refractivity contribution is 4.88. The van der Waals surface area contributed by atoms with Crippen molar-refractivity contribution in [2.75, 3.05) is 13.1 Å². The lowest BCUT2D eigenvalue weighted by atomic mass is 10.0. The molecular formula is C10H20N2O. The van der Waals surface area contributed by atoms with Crippen LogP contribution < -0.4 is 5.73 Å². The highest BCUT2D eigenvalue weighted by Crippen LogP contribution is 2.26. The molecule has 0 bridgehead atoms. The number of hydrogen-bond acceptors (Lipinski definition) is 3. The molecule has 3 N–H and O–H groups in total. The summed E-state index contributed by atoms with van der Waals surface area (Å²) >= 11 is 0. The van der Waals surface area contributed by atoms with Crippen LogP contribution >= 0.6 is 0 Å². The van der Waals surface area contributed by atoms with Crippen molar-refractivity contribution in [2.24, 2.45) is 5.73 Å². The highest BCUT2D eigenvalue weighted by Gasteiger charge is 2.32. The van der Waals surface area contributed by atoms with Crippen molar-refractivity contribution >= 4 is 0 Å². The summed E-state index contributed by atoms with van der Waals surface area (Å²) in [6.07, 6.45) is 5.49. The van der Waals surface area contributed by atoms with Gasteiger partial charge >= 0.3 is 0 Å². The van der Waals surface area contributed by atoms with Crippen molar-refractivity contribution in [3.05, 3.63) is 0 Å². The number of piperidine rings is 1. The molecule has 1 aliphatic carbocycles. The van der Waals surface area contributed by atoms with Crippen molar-refractivity contribution in [3.8, 4) is 0 Å². The van der Waals surface area contributed by atoms with Crippen LogP contribution in [0.25, 0.3) is 0 Å². The lowest BCUT2D eigenvalue weighted by Crippen LogP contribution is -2.47. The van der Waals surface area contributed by atoms with Crippen molar-refractivity contribution < 1.29 is 5.11 Å². The maximum atomic E-state index is 9.73. The van der Waals surface area contributed by atoms with Gasteiger partial charge in [-0.2, -0.15) is 0 Å². The van der Waals surface area contributed by atoms with Crippen LogP contribution in [0.2, 0.25) is 0 Å². The fourth-order valence-electron chi connectivity index (χ4n) is 2.60. The maximum absolute atomic E-state index is 9.73. The first-order chi connectivity index (χ1) is 6.27. The third-order valence-corrected chi connectivity index (χ3v) is 3.49. The van der Waals surface area contributed by atoms with Gasteiger partial charge in [0.2, 0.25) is 0 Å². The van der Waals surface area contributed by atoms with Gasteiger partial charge in [-0.15, -0.1) is 0 Å². The van der Waals surface area contributed by atoms with Gasteiger partial charge in [-0.05, 0) is 32.1 Å². The number of aliphatic hydroxyl groups is 1. The summed E-state index contributed by atoms with van der Waals surface area (Å²) in [4.78, 5) is 2.43. The molecule has 13 heavy (non-hydrogen) atoms. The lowest BCUT2D eigenvalue weighted by Gasteiger charge is -2.36. The van der Waals surface area contributed by atoms with Gasteiger partial charge in [0.25, 0.3) is 0 Å². The zero-order valence-electron chi connectivity index (χ0n) is 8.15. The molecule has 0 amide bonds. The Morgan fingerprint density at radius 1 is 1.08 bits per heavy atom. The van der Waals surface area contributed by atoms with Gasteiger partial charge in [-0.3, -0.25) is 4.90 Å². The molecule has 3 nitrogen and oxygen atoms in total. The average Bonchev–Trinajstić information content (AvgIpc) is 2.53. The van der Waals surface area contributed by atoms with Gasteiger partial charge in [0.15, 0.2) is 0 Å². The maximum Gasteiger partial charge on any atom is 0.0695 e. The monoisotopic (exact) mass is 184 g/mol. The predicted molar refractivity (Wildman–Crippen MR) is 52.4 cm³/mol. The number of hydrogen-bond donors (Lipinski definition) is 2. The Morgan fingerprint density at radius 2 is 1.77 bits per heavy atom. The standard InChI is InChI=1S/C10H20N2O/c11-8-4-6-12(7-5-8)9-2-1-3-10(9)13/h8-10,13H,1-7,11H2. The van der Waals surface area contributed by atoms with E-state index in [1.807, 2.05) is 0 Å². The second-order valence-corrected chi connectivity index (χ2v) is 4.44. The van der Waals surface area contributed by atoms with Crippen molar-refractivity contribution in [2.45, 2.75) is 50.3 Å². The summed E-state index contributed by atoms with van der Waals surface area (Å²) in [7, 11) is 0. The first-order valence-electron chi connectivity index (χ1n) is 5.45. The van der Waals surface area contributed by atoms with Crippen LogP contribution in [0.5, 0.6) is 0 Å². The van der Waals surface area contributed by atoms with Gasteiger partial charge in [0.1, 0.15) is 0 Å². The predicted octanol–water partition coefficient (Wildman–Crippen LogP) is 0.323. The fourth-order valence-corrected chi connectivity index (χ4v) is 2.60. The minimum Gasteiger partial charge on any atom is -0.391 e. The summed E-state index contributed by atoms with van der Waals surface area (Å²) in [6.45, 7) is 2.17. The van der Waals surface area contributed by atoms with Gasteiger partial charge < -0.3 is 10.8 Å². The van der Waals surface area contributed by atoms with Crippen molar-refractivity contribution in [3.63, 3.8) is 0 Å². The molecule has 76 valence electrons. The van der Waals surface area contributed by atoms with Crippen molar-refractivity contribution in [1.29, 1.82) is 0 Å². The number of nitrogens with zero attached hydrogens (tertiary/aromatic N) is 1. The van der Waals surface area contributed by atoms with Crippen LogP contribution in [0.15, 0.2) is 0 Å². The molecule has 2 aliphatic rings. The zero-order chi connectivity index (χ0) is 9.26. The normalized spacial score (nSPS) is 38.3. The van der Waals surface area contributed by atoms with Crippen LogP contribution in [0.1, 0.15) is 32.1 Å². The molecule has 2 atom stereocenters. The summed E-state index contributed by atoms with van der Waals surface area (Å²) in [5.41, 5.74) is 5.84. The SMILES string of the molecule is NC1CCN(C2CCCC2O)CC1. The Bertz CT molecular complexity index is 166. The molecule has 2 unspecified atom stereocenters. The molecule has 0 aromatic heterocycles. The van der Waals surface area contributed by atoms with E-state index in [1.165, 1.54) is 12.8 Å². The number of aliphatic hydroxyl groups excluding tert-OH is 1. The van der Waals surface area contributed by atoms with E-state index < -0.39 is 0 Å². The topological polar surface area (TPSA) is 49.5 Å². The molecule has 2 rings (SSSR count). The Balaban J connectivity index is 1.86. The van der Waals surface area contributed by atoms with Gasteiger partial charge in [0.05, 0.1) is 6.10 Å². The molecule has 1 aliphatic heterocycles. The second-order valence-electron chi connectivity index (χ2n) is 4.44. The molecule has 0 aromatic rings. The third kappa shape index (κ3) is 2.03. The Hall–Kier alpha value is -0.120. The first-order valence-corrected chi connectivity index (χ1v) is 5.45. The second kappa shape index (κ2) is 3.95. The molecule has 1 saturated heterocycles. The first kappa shape index (κ1) is 9.44. The number of likely N-dealkylation sites (tertiary alicyclic amines) is 1. The van der Waals surface area contributed by atoms with Crippen molar-refractivity contribution in [1.82, 2.24) is 4.90 Å². The van der Waals surface area contributed by atoms with Crippen LogP contribution in [0, 0.1) is 0 Å². The summed E-state index contributed by atoms with van der Waals surface area (Å²) in [6, 6.07) is 0.835. The molecule has 3 heteroatoms. The van der Waals surface area contributed by atoms with Crippen LogP contribution in [0.3, 0.4) is 0 Å². The number of rotatable bonds is 1. The van der Waals surface area contributed by atoms with E-state index in [9.17, 15) is 5.11 Å². The van der Waals surface area contributed by atoms with Gasteiger partial charge in [0, 0.05) is 25.2 Å². The minimum atomic E-state index is -0.0747. The van der Waals surface area contributed by atoms with E-state index in [-0.39, 0.29) is 6.10 Å². The molecule has 1 saturated carbocycles. The Morgan fingerprint density at radius 3 is 2.31 bits per heavy atom. The molecule has 0 radical (unpaired) electrons. The van der Waals surface area contributed by atoms with Gasteiger partial charge in [-0.1, -0.05) is 0 Å². The zero-order valence-corrected chi connectivity index (χ0v) is 8.15. The fraction of sp³-hybridized carbons (Fsp3) is 1.00. The van der Waals surface area contributed by atoms with E-state index in [0.717, 1.165) is 32.4 Å². The highest BCUT2D eigenvalue weighted by atomic mass is 16.3. The molecule has 1 heterocycles. The third-order valence-electron chi connectivity index (χ3n) is 3.49. The van der Waals surface area contributed by atoms with E-state index in [4.69, 9.17) is 5.73 Å². The summed E-state index contributed by atoms with van der Waals surface area (Å²) < 4.78 is 0. The van der Waals surface area contributed by atoms with E-state index in [2.05, 4.69) is 4.90 Å². The average molecular weight is 184 g/mol. The van der Waals surface area contributed by atoms with Gasteiger partial charge in [-0.25, -0.2) is 0 Å². The molecule has 0 spiro atoms. The van der Waals surface area contributed by atoms with Crippen LogP contribution in [0.4, 0.5) is 0 Å². The Labute approximate surface area is 79.9 Å². The van der Waals surface area contributed by atoms with E-state index >= 15 is 0 Å². The van der Waals surface area contributed by atoms with E-state index in [0.29, 0.717) is 12.1 Å². The molecular weight excluding hydrogens is 164 g/mol. The largest absolute Gasteiger partial charge is 0.391 e. The van der Waals surface area contributed by atoms with Crippen LogP contribution in [-0.2, 0) is 0 Å². The summed E-state index contributed by atoms with van der Waals surface area (Å²) in [5, 5.41) is 9.73. The van der Waals surface area contributed by atoms with E-state index in [1.54, 1.807) is 0 Å². The number of nitrogens with two attached hydrogens (primary N) is 1. The molecule has 0 aromatic carbocycles.